The molecule has 0 aromatic heterocycles. The van der Waals surface area contributed by atoms with Gasteiger partial charge in [0, 0.05) is 12.2 Å². The van der Waals surface area contributed by atoms with Crippen LogP contribution in [0.5, 0.6) is 0 Å². The molecule has 8 N–H and O–H groups in total. The van der Waals surface area contributed by atoms with Gasteiger partial charge in [-0.15, -0.1) is 0 Å². The molecule has 5 atom stereocenters. The number of hydrogen-bond acceptors (Lipinski definition) is 8. The Morgan fingerprint density at radius 1 is 0.969 bits per heavy atom. The van der Waals surface area contributed by atoms with E-state index in [0.29, 0.717) is 18.6 Å². The van der Waals surface area contributed by atoms with Gasteiger partial charge in [-0.25, -0.2) is 4.79 Å². The first-order chi connectivity index (χ1) is 15.0. The second kappa shape index (κ2) is 15.8. The summed E-state index contributed by atoms with van der Waals surface area (Å²) in [5.41, 5.74) is 11.0. The third-order valence-corrected chi connectivity index (χ3v) is 5.92. The van der Waals surface area contributed by atoms with Gasteiger partial charge < -0.3 is 32.5 Å². The number of amides is 4. The molecule has 0 aliphatic rings. The van der Waals surface area contributed by atoms with Gasteiger partial charge in [0.15, 0.2) is 0 Å². The normalized spacial score (nSPS) is 15.5. The van der Waals surface area contributed by atoms with Gasteiger partial charge >= 0.3 is 5.97 Å². The van der Waals surface area contributed by atoms with Crippen molar-refractivity contribution in [1.29, 1.82) is 0 Å². The quantitative estimate of drug-likeness (QED) is 0.131. The maximum atomic E-state index is 12.8. The first-order valence-corrected chi connectivity index (χ1v) is 12.3. The molecule has 0 radical (unpaired) electrons. The second-order valence-corrected chi connectivity index (χ2v) is 8.75. The molecule has 0 aliphatic heterocycles. The predicted molar refractivity (Wildman–Crippen MR) is 126 cm³/mol. The fourth-order valence-electron chi connectivity index (χ4n) is 2.57. The summed E-state index contributed by atoms with van der Waals surface area (Å²) in [5.74, 6) is -3.52. The molecule has 0 saturated carbocycles. The lowest BCUT2D eigenvalue weighted by Crippen LogP contribution is -2.58. The number of nitrogens with one attached hydrogen (secondary N) is 3. The van der Waals surface area contributed by atoms with Gasteiger partial charge in [0.2, 0.25) is 23.6 Å². The van der Waals surface area contributed by atoms with Crippen LogP contribution in [-0.2, 0) is 24.0 Å². The number of carbonyl (C=O) groups is 5. The average Bonchev–Trinajstić information content (AvgIpc) is 2.75. The first kappa shape index (κ1) is 30.0. The Labute approximate surface area is 198 Å². The summed E-state index contributed by atoms with van der Waals surface area (Å²) < 4.78 is 0. The van der Waals surface area contributed by atoms with Crippen LogP contribution in [0, 0.1) is 5.92 Å². The van der Waals surface area contributed by atoms with Gasteiger partial charge in [0.25, 0.3) is 0 Å². The van der Waals surface area contributed by atoms with Crippen molar-refractivity contribution in [1.82, 2.24) is 16.0 Å². The van der Waals surface area contributed by atoms with Crippen LogP contribution in [0.3, 0.4) is 0 Å². The number of aliphatic carboxylic acids is 1. The molecule has 32 heavy (non-hydrogen) atoms. The van der Waals surface area contributed by atoms with Crippen LogP contribution in [-0.4, -0.2) is 76.6 Å². The SMILES string of the molecule is CCC(C)C(N)C(=O)NC(CCSC)C(=O)NC(CS)C(=O)NC(CCC(N)=O)C(=O)O. The van der Waals surface area contributed by atoms with E-state index >= 15 is 0 Å². The number of rotatable bonds is 16. The molecular weight excluding hydrogens is 458 g/mol. The van der Waals surface area contributed by atoms with E-state index < -0.39 is 53.8 Å². The largest absolute Gasteiger partial charge is 0.480 e. The molecule has 0 fully saturated rings. The lowest BCUT2D eigenvalue weighted by atomic mass is 9.99. The summed E-state index contributed by atoms with van der Waals surface area (Å²) >= 11 is 5.55. The molecule has 4 amide bonds. The van der Waals surface area contributed by atoms with Crippen LogP contribution in [0.4, 0.5) is 0 Å². The van der Waals surface area contributed by atoms with E-state index in [-0.39, 0.29) is 24.5 Å². The minimum absolute atomic E-state index is 0.0800. The minimum Gasteiger partial charge on any atom is -0.480 e. The van der Waals surface area contributed by atoms with Crippen molar-refractivity contribution < 1.29 is 29.1 Å². The summed E-state index contributed by atoms with van der Waals surface area (Å²) in [5, 5.41) is 16.6. The number of carbonyl (C=O) groups excluding carboxylic acids is 4. The molecule has 0 heterocycles. The van der Waals surface area contributed by atoms with Crippen LogP contribution in [0.1, 0.15) is 39.5 Å². The van der Waals surface area contributed by atoms with Crippen LogP contribution in [0.15, 0.2) is 0 Å². The minimum atomic E-state index is -1.35. The van der Waals surface area contributed by atoms with Crippen molar-refractivity contribution in [3.63, 3.8) is 0 Å². The summed E-state index contributed by atoms with van der Waals surface area (Å²) in [6.45, 7) is 3.74. The van der Waals surface area contributed by atoms with Crippen molar-refractivity contribution in [3.8, 4) is 0 Å². The summed E-state index contributed by atoms with van der Waals surface area (Å²) in [6.07, 6.45) is 2.43. The number of primary amides is 1. The number of carboxylic acid groups (broad SMARTS) is 1. The van der Waals surface area contributed by atoms with Gasteiger partial charge in [0.05, 0.1) is 6.04 Å². The fourth-order valence-corrected chi connectivity index (χ4v) is 3.30. The monoisotopic (exact) mass is 493 g/mol. The van der Waals surface area contributed by atoms with E-state index in [1.165, 1.54) is 11.8 Å². The highest BCUT2D eigenvalue weighted by molar-refractivity contribution is 7.98. The Bertz CT molecular complexity index is 666. The Morgan fingerprint density at radius 3 is 1.97 bits per heavy atom. The lowest BCUT2D eigenvalue weighted by Gasteiger charge is -2.25. The molecular formula is C19H35N5O6S2. The van der Waals surface area contributed by atoms with Crippen molar-refractivity contribution in [3.05, 3.63) is 0 Å². The first-order valence-electron chi connectivity index (χ1n) is 10.3. The van der Waals surface area contributed by atoms with E-state index in [1.54, 1.807) is 0 Å². The maximum Gasteiger partial charge on any atom is 0.326 e. The van der Waals surface area contributed by atoms with Gasteiger partial charge in [-0.2, -0.15) is 24.4 Å². The summed E-state index contributed by atoms with van der Waals surface area (Å²) in [4.78, 5) is 60.0. The zero-order valence-corrected chi connectivity index (χ0v) is 20.3. The van der Waals surface area contributed by atoms with Gasteiger partial charge in [0.1, 0.15) is 18.1 Å². The maximum absolute atomic E-state index is 12.8. The Balaban J connectivity index is 5.23. The lowest BCUT2D eigenvalue weighted by molar-refractivity contribution is -0.142. The number of hydrogen-bond donors (Lipinski definition) is 7. The van der Waals surface area contributed by atoms with E-state index in [4.69, 9.17) is 11.5 Å². The van der Waals surface area contributed by atoms with E-state index in [0.717, 1.165) is 0 Å². The third-order valence-electron chi connectivity index (χ3n) is 4.91. The second-order valence-electron chi connectivity index (χ2n) is 7.40. The molecule has 0 rings (SSSR count). The fraction of sp³-hybridized carbons (Fsp3) is 0.737. The Hall–Kier alpha value is -1.99. The van der Waals surface area contributed by atoms with Gasteiger partial charge in [-0.3, -0.25) is 19.2 Å². The molecule has 184 valence electrons. The van der Waals surface area contributed by atoms with Crippen molar-refractivity contribution in [2.75, 3.05) is 17.8 Å². The molecule has 11 nitrogen and oxygen atoms in total. The summed E-state index contributed by atoms with van der Waals surface area (Å²) in [7, 11) is 0. The van der Waals surface area contributed by atoms with Crippen LogP contribution < -0.4 is 27.4 Å². The van der Waals surface area contributed by atoms with Gasteiger partial charge in [-0.1, -0.05) is 20.3 Å². The number of thiol groups is 1. The molecule has 0 bridgehead atoms. The highest BCUT2D eigenvalue weighted by Gasteiger charge is 2.30. The molecule has 5 unspecified atom stereocenters. The van der Waals surface area contributed by atoms with E-state index in [9.17, 15) is 29.1 Å². The standard InChI is InChI=1S/C19H35N5O6S2/c1-4-10(2)15(21)18(28)22-11(7-8-32-3)16(26)24-13(9-31)17(27)23-12(19(29)30)5-6-14(20)25/h10-13,15,31H,4-9,21H2,1-3H3,(H2,20,25)(H,22,28)(H,23,27)(H,24,26)(H,29,30). The Morgan fingerprint density at radius 2 is 1.50 bits per heavy atom. The molecule has 0 aromatic rings. The molecule has 0 aromatic carbocycles. The van der Waals surface area contributed by atoms with E-state index in [2.05, 4.69) is 28.6 Å². The van der Waals surface area contributed by atoms with E-state index in [1.807, 2.05) is 20.1 Å². The molecule has 0 spiro atoms. The number of thioether (sulfide) groups is 1. The zero-order valence-electron chi connectivity index (χ0n) is 18.6. The molecule has 0 saturated heterocycles. The van der Waals surface area contributed by atoms with Crippen molar-refractivity contribution in [2.24, 2.45) is 17.4 Å². The molecule has 13 heteroatoms. The highest BCUT2D eigenvalue weighted by Crippen LogP contribution is 2.08. The zero-order chi connectivity index (χ0) is 24.8. The van der Waals surface area contributed by atoms with Crippen molar-refractivity contribution in [2.45, 2.75) is 63.7 Å². The summed E-state index contributed by atoms with van der Waals surface area (Å²) in [6, 6.07) is -4.21. The molecule has 0 aliphatic carbocycles. The number of nitrogens with two attached hydrogens (primary N) is 2. The average molecular weight is 494 g/mol. The van der Waals surface area contributed by atoms with Crippen LogP contribution in [0.25, 0.3) is 0 Å². The van der Waals surface area contributed by atoms with Crippen LogP contribution in [0.2, 0.25) is 0 Å². The van der Waals surface area contributed by atoms with Crippen molar-refractivity contribution >= 4 is 54.0 Å². The predicted octanol–water partition coefficient (Wildman–Crippen LogP) is -1.15. The third kappa shape index (κ3) is 11.0. The number of carboxylic acids is 1. The Kier molecular flexibility index (Phi) is 14.8. The highest BCUT2D eigenvalue weighted by atomic mass is 32.2. The topological polar surface area (TPSA) is 194 Å². The van der Waals surface area contributed by atoms with Gasteiger partial charge in [-0.05, 0) is 30.8 Å². The van der Waals surface area contributed by atoms with Crippen LogP contribution >= 0.6 is 24.4 Å². The smallest absolute Gasteiger partial charge is 0.326 e.